The van der Waals surface area contributed by atoms with Crippen LogP contribution >= 0.6 is 0 Å². The number of hydrogen-bond acceptors (Lipinski definition) is 4. The normalized spacial score (nSPS) is 26.5. The van der Waals surface area contributed by atoms with Crippen LogP contribution in [0.5, 0.6) is 0 Å². The van der Waals surface area contributed by atoms with Gasteiger partial charge in [-0.05, 0) is 39.0 Å². The molecule has 1 aromatic rings. The van der Waals surface area contributed by atoms with Crippen LogP contribution in [0.2, 0.25) is 0 Å². The summed E-state index contributed by atoms with van der Waals surface area (Å²) in [5.41, 5.74) is -0.747. The van der Waals surface area contributed by atoms with E-state index in [1.165, 1.54) is 6.20 Å². The van der Waals surface area contributed by atoms with Gasteiger partial charge in [0.1, 0.15) is 11.4 Å². The van der Waals surface area contributed by atoms with Crippen LogP contribution in [0.25, 0.3) is 0 Å². The first kappa shape index (κ1) is 16.3. The van der Waals surface area contributed by atoms with Crippen LogP contribution in [0.3, 0.4) is 0 Å². The number of piperidine rings is 1. The van der Waals surface area contributed by atoms with Gasteiger partial charge in [-0.3, -0.25) is 14.4 Å². The molecule has 0 radical (unpaired) electrons. The maximum atomic E-state index is 12.8. The third kappa shape index (κ3) is 2.75. The van der Waals surface area contributed by atoms with Crippen LogP contribution in [-0.2, 0) is 4.79 Å². The molecule has 3 heterocycles. The summed E-state index contributed by atoms with van der Waals surface area (Å²) in [6, 6.07) is 0. The second kappa shape index (κ2) is 5.97. The lowest BCUT2D eigenvalue weighted by atomic mass is 9.78. The Kier molecular flexibility index (Phi) is 3.89. The first-order valence-electron chi connectivity index (χ1n) is 9.22. The number of amides is 2. The fourth-order valence-corrected chi connectivity index (χ4v) is 4.17. The van der Waals surface area contributed by atoms with E-state index in [1.54, 1.807) is 4.90 Å². The second-order valence-corrected chi connectivity index (χ2v) is 7.53. The molecule has 1 aliphatic carbocycles. The predicted octanol–water partition coefficient (Wildman–Crippen LogP) is 1.12. The minimum Gasteiger partial charge on any atom is -0.342 e. The van der Waals surface area contributed by atoms with Crippen LogP contribution in [0.4, 0.5) is 0 Å². The zero-order valence-corrected chi connectivity index (χ0v) is 14.6. The number of likely N-dealkylation sites (tertiary alicyclic amines) is 2. The van der Waals surface area contributed by atoms with E-state index in [1.807, 2.05) is 11.8 Å². The summed E-state index contributed by atoms with van der Waals surface area (Å²) in [5, 5.41) is 0. The molecule has 7 heteroatoms. The van der Waals surface area contributed by atoms with Crippen LogP contribution in [0.1, 0.15) is 61.1 Å². The summed E-state index contributed by atoms with van der Waals surface area (Å²) >= 11 is 0. The monoisotopic (exact) mass is 344 g/mol. The van der Waals surface area contributed by atoms with Crippen molar-refractivity contribution >= 4 is 11.8 Å². The molecule has 1 saturated carbocycles. The lowest BCUT2D eigenvalue weighted by Gasteiger charge is -2.38. The maximum Gasteiger partial charge on any atom is 0.263 e. The number of aromatic amines is 1. The highest BCUT2D eigenvalue weighted by Crippen LogP contribution is 2.40. The van der Waals surface area contributed by atoms with Gasteiger partial charge in [0.25, 0.3) is 11.5 Å². The van der Waals surface area contributed by atoms with Gasteiger partial charge in [-0.15, -0.1) is 0 Å². The summed E-state index contributed by atoms with van der Waals surface area (Å²) in [5.74, 6) is 0.870. The van der Waals surface area contributed by atoms with Gasteiger partial charge in [-0.1, -0.05) is 0 Å². The molecule has 0 bridgehead atoms. The van der Waals surface area contributed by atoms with Gasteiger partial charge >= 0.3 is 0 Å². The number of hydrogen-bond donors (Lipinski definition) is 1. The van der Waals surface area contributed by atoms with E-state index in [9.17, 15) is 14.4 Å². The molecule has 4 rings (SSSR count). The highest BCUT2D eigenvalue weighted by Gasteiger charge is 2.49. The Morgan fingerprint density at radius 1 is 1.32 bits per heavy atom. The minimum absolute atomic E-state index is 0.0806. The van der Waals surface area contributed by atoms with Crippen molar-refractivity contribution in [1.82, 2.24) is 19.8 Å². The van der Waals surface area contributed by atoms with Crippen LogP contribution < -0.4 is 5.56 Å². The molecule has 3 fully saturated rings. The van der Waals surface area contributed by atoms with Gasteiger partial charge in [0.05, 0.1) is 5.41 Å². The molecule has 1 aromatic heterocycles. The average Bonchev–Trinajstić information content (AvgIpc) is 3.38. The summed E-state index contributed by atoms with van der Waals surface area (Å²) in [6.07, 6.45) is 5.96. The van der Waals surface area contributed by atoms with E-state index in [0.29, 0.717) is 37.8 Å². The molecule has 1 spiro atoms. The van der Waals surface area contributed by atoms with E-state index in [-0.39, 0.29) is 22.9 Å². The number of carbonyl (C=O) groups is 2. The Hall–Kier alpha value is -2.18. The van der Waals surface area contributed by atoms with Crippen molar-refractivity contribution in [2.75, 3.05) is 26.2 Å². The lowest BCUT2D eigenvalue weighted by molar-refractivity contribution is -0.145. The Morgan fingerprint density at radius 3 is 2.80 bits per heavy atom. The number of H-pyrrole nitrogens is 1. The fourth-order valence-electron chi connectivity index (χ4n) is 4.17. The quantitative estimate of drug-likeness (QED) is 0.890. The summed E-state index contributed by atoms with van der Waals surface area (Å²) in [6.45, 7) is 4.43. The molecular formula is C18H24N4O3. The zero-order valence-electron chi connectivity index (χ0n) is 14.6. The van der Waals surface area contributed by atoms with E-state index in [2.05, 4.69) is 9.97 Å². The molecule has 0 unspecified atom stereocenters. The molecule has 1 atom stereocenters. The Labute approximate surface area is 146 Å². The van der Waals surface area contributed by atoms with E-state index in [4.69, 9.17) is 0 Å². The van der Waals surface area contributed by atoms with Crippen molar-refractivity contribution < 1.29 is 9.59 Å². The number of aromatic nitrogens is 2. The smallest absolute Gasteiger partial charge is 0.263 e. The fraction of sp³-hybridized carbons (Fsp3) is 0.667. The highest BCUT2D eigenvalue weighted by atomic mass is 16.2. The van der Waals surface area contributed by atoms with Crippen molar-refractivity contribution in [1.29, 1.82) is 0 Å². The minimum atomic E-state index is -0.460. The van der Waals surface area contributed by atoms with Gasteiger partial charge in [-0.25, -0.2) is 4.98 Å². The van der Waals surface area contributed by atoms with Crippen molar-refractivity contribution in [3.05, 3.63) is 27.9 Å². The van der Waals surface area contributed by atoms with Gasteiger partial charge in [-0.2, -0.15) is 0 Å². The van der Waals surface area contributed by atoms with Crippen molar-refractivity contribution in [3.63, 3.8) is 0 Å². The molecule has 2 aliphatic heterocycles. The van der Waals surface area contributed by atoms with Gasteiger partial charge < -0.3 is 14.8 Å². The maximum absolute atomic E-state index is 12.8. The molecule has 1 N–H and O–H groups in total. The Morgan fingerprint density at radius 2 is 2.12 bits per heavy atom. The van der Waals surface area contributed by atoms with Crippen LogP contribution in [-0.4, -0.2) is 57.8 Å². The molecule has 0 aromatic carbocycles. The first-order valence-corrected chi connectivity index (χ1v) is 9.22. The molecule has 3 aliphatic rings. The molecular weight excluding hydrogens is 320 g/mol. The molecule has 25 heavy (non-hydrogen) atoms. The Balaban J connectivity index is 1.52. The van der Waals surface area contributed by atoms with E-state index in [0.717, 1.165) is 32.2 Å². The molecule has 7 nitrogen and oxygen atoms in total. The van der Waals surface area contributed by atoms with Crippen molar-refractivity contribution in [2.24, 2.45) is 5.41 Å². The zero-order chi connectivity index (χ0) is 17.6. The van der Waals surface area contributed by atoms with Gasteiger partial charge in [0.15, 0.2) is 0 Å². The number of nitrogens with zero attached hydrogens (tertiary/aromatic N) is 3. The largest absolute Gasteiger partial charge is 0.342 e. The van der Waals surface area contributed by atoms with Crippen LogP contribution in [0.15, 0.2) is 11.0 Å². The summed E-state index contributed by atoms with van der Waals surface area (Å²) in [4.78, 5) is 48.4. The second-order valence-electron chi connectivity index (χ2n) is 7.53. The molecule has 134 valence electrons. The summed E-state index contributed by atoms with van der Waals surface area (Å²) in [7, 11) is 0. The van der Waals surface area contributed by atoms with Gasteiger partial charge in [0, 0.05) is 38.3 Å². The van der Waals surface area contributed by atoms with Crippen LogP contribution in [0, 0.1) is 5.41 Å². The third-order valence-electron chi connectivity index (χ3n) is 5.86. The van der Waals surface area contributed by atoms with Gasteiger partial charge in [0.2, 0.25) is 5.91 Å². The third-order valence-corrected chi connectivity index (χ3v) is 5.86. The number of carbonyl (C=O) groups excluding carboxylic acids is 2. The first-order chi connectivity index (χ1) is 12.0. The molecule has 2 saturated heterocycles. The SMILES string of the molecule is CCN1CCC[C@@]2(CCN(C(=O)c3cnc(C4CC4)[nH]c3=O)C2)C1=O. The summed E-state index contributed by atoms with van der Waals surface area (Å²) < 4.78 is 0. The molecule has 2 amide bonds. The average molecular weight is 344 g/mol. The topological polar surface area (TPSA) is 86.4 Å². The number of rotatable bonds is 3. The number of nitrogens with one attached hydrogen (secondary N) is 1. The van der Waals surface area contributed by atoms with E-state index >= 15 is 0 Å². The predicted molar refractivity (Wildman–Crippen MR) is 91.3 cm³/mol. The Bertz CT molecular complexity index is 770. The van der Waals surface area contributed by atoms with Crippen molar-refractivity contribution in [3.8, 4) is 0 Å². The van der Waals surface area contributed by atoms with Crippen molar-refractivity contribution in [2.45, 2.75) is 44.9 Å². The highest BCUT2D eigenvalue weighted by molar-refractivity contribution is 5.95. The lowest BCUT2D eigenvalue weighted by Crippen LogP contribution is -2.50. The standard InChI is InChI=1S/C18H24N4O3/c1-2-21-8-3-6-18(17(21)25)7-9-22(11-18)16(24)13-10-19-14(12-4-5-12)20-15(13)23/h10,12H,2-9,11H2,1H3,(H,19,20,23)/t18-/m0/s1. The van der Waals surface area contributed by atoms with E-state index < -0.39 is 5.41 Å².